The molecular formula is C48H66N8O4S2. The van der Waals surface area contributed by atoms with E-state index in [2.05, 4.69) is 21.5 Å². The molecule has 62 heavy (non-hydrogen) atoms. The molecule has 2 aromatic heterocycles. The van der Waals surface area contributed by atoms with E-state index in [-0.39, 0.29) is 23.9 Å². The monoisotopic (exact) mass is 882 g/mol. The van der Waals surface area contributed by atoms with Crippen LogP contribution in [0.25, 0.3) is 22.5 Å². The smallest absolute Gasteiger partial charge is 0.241 e. The molecule has 2 amide bonds. The van der Waals surface area contributed by atoms with E-state index in [1.165, 1.54) is 85.8 Å². The van der Waals surface area contributed by atoms with Gasteiger partial charge in [-0.2, -0.15) is 0 Å². The molecule has 0 spiro atoms. The molecule has 14 heteroatoms. The van der Waals surface area contributed by atoms with Crippen LogP contribution >= 0.6 is 21.6 Å². The van der Waals surface area contributed by atoms with E-state index >= 15 is 0 Å². The van der Waals surface area contributed by atoms with Crippen molar-refractivity contribution in [2.75, 3.05) is 38.8 Å². The largest absolute Gasteiger partial charge is 0.496 e. The Labute approximate surface area is 375 Å². The fourth-order valence-corrected chi connectivity index (χ4v) is 12.6. The van der Waals surface area contributed by atoms with Gasteiger partial charge in [0.2, 0.25) is 11.8 Å². The summed E-state index contributed by atoms with van der Waals surface area (Å²) in [5.41, 5.74) is 17.1. The van der Waals surface area contributed by atoms with Gasteiger partial charge in [0.25, 0.3) is 0 Å². The highest BCUT2D eigenvalue weighted by Crippen LogP contribution is 2.40. The fraction of sp³-hybridized carbons (Fsp3) is 0.583. The lowest BCUT2D eigenvalue weighted by molar-refractivity contribution is -0.136. The molecule has 4 aliphatic rings. The van der Waals surface area contributed by atoms with Gasteiger partial charge in [0.05, 0.1) is 49.8 Å². The molecule has 2 saturated carbocycles. The van der Waals surface area contributed by atoms with Gasteiger partial charge in [0, 0.05) is 61.2 Å². The van der Waals surface area contributed by atoms with Crippen molar-refractivity contribution in [1.29, 1.82) is 0 Å². The quantitative estimate of drug-likeness (QED) is 0.0781. The number of carbonyl (C=O) groups excluding carboxylic acids is 2. The summed E-state index contributed by atoms with van der Waals surface area (Å²) in [6, 6.07) is 14.3. The Balaban J connectivity index is 0.901. The number of carbonyl (C=O) groups is 2. The Morgan fingerprint density at radius 2 is 1.02 bits per heavy atom. The summed E-state index contributed by atoms with van der Waals surface area (Å²) in [6.45, 7) is 2.50. The van der Waals surface area contributed by atoms with Crippen molar-refractivity contribution < 1.29 is 19.1 Å². The summed E-state index contributed by atoms with van der Waals surface area (Å²) in [4.78, 5) is 42.8. The number of imidazole rings is 2. The predicted octanol–water partition coefficient (Wildman–Crippen LogP) is 8.65. The molecule has 0 radical (unpaired) electrons. The molecule has 4 N–H and O–H groups in total. The molecule has 2 fully saturated rings. The van der Waals surface area contributed by atoms with E-state index in [0.717, 1.165) is 71.3 Å². The van der Waals surface area contributed by atoms with E-state index in [9.17, 15) is 9.59 Å². The third kappa shape index (κ3) is 10.2. The first-order valence-electron chi connectivity index (χ1n) is 23.1. The molecule has 2 aliphatic carbocycles. The normalized spacial score (nSPS) is 20.6. The number of hydrogen-bond donors (Lipinski definition) is 2. The molecule has 8 rings (SSSR count). The Bertz CT molecular complexity index is 1970. The van der Waals surface area contributed by atoms with E-state index in [4.69, 9.17) is 30.9 Å². The summed E-state index contributed by atoms with van der Waals surface area (Å²) in [7, 11) is 6.43. The van der Waals surface area contributed by atoms with Gasteiger partial charge in [-0.25, -0.2) is 9.97 Å². The highest BCUT2D eigenvalue weighted by molar-refractivity contribution is 8.76. The van der Waals surface area contributed by atoms with Gasteiger partial charge in [-0.05, 0) is 61.8 Å². The van der Waals surface area contributed by atoms with Gasteiger partial charge in [-0.15, -0.1) is 0 Å². The lowest BCUT2D eigenvalue weighted by atomic mass is 9.85. The van der Waals surface area contributed by atoms with Crippen LogP contribution in [-0.4, -0.2) is 91.6 Å². The minimum Gasteiger partial charge on any atom is -0.496 e. The second-order valence-electron chi connectivity index (χ2n) is 17.8. The second-order valence-corrected chi connectivity index (χ2v) is 20.3. The molecule has 2 aromatic carbocycles. The lowest BCUT2D eigenvalue weighted by Gasteiger charge is -2.38. The van der Waals surface area contributed by atoms with Gasteiger partial charge in [-0.1, -0.05) is 110 Å². The zero-order valence-electron chi connectivity index (χ0n) is 36.7. The average Bonchev–Trinajstić information content (AvgIpc) is 3.97. The molecular weight excluding hydrogens is 817 g/mol. The van der Waals surface area contributed by atoms with Crippen LogP contribution in [0.15, 0.2) is 60.9 Å². The van der Waals surface area contributed by atoms with Crippen molar-refractivity contribution in [3.8, 4) is 34.0 Å². The number of hydrogen-bond acceptors (Lipinski definition) is 10. The van der Waals surface area contributed by atoms with E-state index in [0.29, 0.717) is 49.5 Å². The Hall–Kier alpha value is -3.98. The summed E-state index contributed by atoms with van der Waals surface area (Å²) in [5.74, 6) is 5.54. The molecule has 12 nitrogen and oxygen atoms in total. The first-order chi connectivity index (χ1) is 30.3. The van der Waals surface area contributed by atoms with E-state index in [1.54, 1.807) is 14.2 Å². The standard InChI is InChI=1S/C48H66N8O4S2/c1-59-43-19-11-9-17-35(43)39-29-53-25-27-55(41(45(53)51-39)23-21-33-13-5-3-6-14-33)47(57)37(49)31-61-62-32-38(50)48(58)56-28-26-54-30-40(36-18-10-12-20-44(36)60-2)52-46(54)42(56)24-22-34-15-7-4-8-16-34/h9-12,17-20,29-30,33-34,37-38,41-42H,3-8,13-16,21-28,31-32,49-50H2,1-2H3. The number of nitrogens with zero attached hydrogens (tertiary/aromatic N) is 6. The minimum absolute atomic E-state index is 0.0441. The molecule has 0 bridgehead atoms. The summed E-state index contributed by atoms with van der Waals surface area (Å²) >= 11 is 0. The van der Waals surface area contributed by atoms with Crippen molar-refractivity contribution in [3.05, 3.63) is 72.6 Å². The number of nitrogens with two attached hydrogens (primary N) is 2. The van der Waals surface area contributed by atoms with Gasteiger partial charge in [-0.3, -0.25) is 9.59 Å². The highest BCUT2D eigenvalue weighted by atomic mass is 33.1. The third-order valence-electron chi connectivity index (χ3n) is 13.8. The number of amides is 2. The maximum absolute atomic E-state index is 14.3. The molecule has 4 aromatic rings. The van der Waals surface area contributed by atoms with Crippen LogP contribution in [0.5, 0.6) is 11.5 Å². The van der Waals surface area contributed by atoms with Gasteiger partial charge in [0.1, 0.15) is 23.1 Å². The fourth-order valence-electron chi connectivity index (χ4n) is 10.4. The topological polar surface area (TPSA) is 147 Å². The number of benzene rings is 2. The molecule has 4 unspecified atom stereocenters. The van der Waals surface area contributed by atoms with Crippen LogP contribution < -0.4 is 20.9 Å². The molecule has 2 aliphatic heterocycles. The lowest BCUT2D eigenvalue weighted by Crippen LogP contribution is -2.50. The molecule has 4 heterocycles. The first-order valence-corrected chi connectivity index (χ1v) is 25.6. The molecule has 334 valence electrons. The van der Waals surface area contributed by atoms with Crippen LogP contribution in [0.2, 0.25) is 0 Å². The second kappa shape index (κ2) is 21.1. The summed E-state index contributed by atoms with van der Waals surface area (Å²) < 4.78 is 15.8. The van der Waals surface area contributed by atoms with E-state index in [1.807, 2.05) is 58.3 Å². The zero-order chi connectivity index (χ0) is 43.0. The SMILES string of the molecule is COc1ccccc1-c1cn2c(n1)C(CCC1CCCCC1)N(C(=O)C(N)CSSCC(N)C(=O)N1CCn3cc(-c4ccccc4OC)nc3C1CCC1CCCCC1)CC2. The van der Waals surface area contributed by atoms with Crippen LogP contribution in [0.1, 0.15) is 114 Å². The van der Waals surface area contributed by atoms with Crippen molar-refractivity contribution in [2.45, 2.75) is 127 Å². The number of fused-ring (bicyclic) bond motifs is 2. The van der Waals surface area contributed by atoms with Crippen LogP contribution in [0.3, 0.4) is 0 Å². The Kier molecular flexibility index (Phi) is 15.2. The maximum Gasteiger partial charge on any atom is 0.241 e. The van der Waals surface area contributed by atoms with Gasteiger partial charge < -0.3 is 39.9 Å². The van der Waals surface area contributed by atoms with Gasteiger partial charge >= 0.3 is 0 Å². The Morgan fingerprint density at radius 1 is 0.613 bits per heavy atom. The van der Waals surface area contributed by atoms with Crippen molar-refractivity contribution >= 4 is 33.4 Å². The van der Waals surface area contributed by atoms with Crippen LogP contribution in [0, 0.1) is 11.8 Å². The molecule has 0 saturated heterocycles. The highest BCUT2D eigenvalue weighted by Gasteiger charge is 2.38. The summed E-state index contributed by atoms with van der Waals surface area (Å²) in [6.07, 6.45) is 20.9. The number of ether oxygens (including phenoxy) is 2. The number of methoxy groups -OCH3 is 2. The van der Waals surface area contributed by atoms with E-state index < -0.39 is 12.1 Å². The minimum atomic E-state index is -0.686. The third-order valence-corrected chi connectivity index (χ3v) is 16.3. The predicted molar refractivity (Wildman–Crippen MR) is 250 cm³/mol. The maximum atomic E-state index is 14.3. The van der Waals surface area contributed by atoms with Crippen molar-refractivity contribution in [3.63, 3.8) is 0 Å². The molecule has 4 atom stereocenters. The van der Waals surface area contributed by atoms with Crippen molar-refractivity contribution in [2.24, 2.45) is 23.3 Å². The number of rotatable bonds is 17. The Morgan fingerprint density at radius 3 is 1.42 bits per heavy atom. The van der Waals surface area contributed by atoms with Crippen LogP contribution in [0.4, 0.5) is 0 Å². The van der Waals surface area contributed by atoms with Gasteiger partial charge in [0.15, 0.2) is 0 Å². The number of para-hydroxylation sites is 2. The average molecular weight is 883 g/mol. The zero-order valence-corrected chi connectivity index (χ0v) is 38.3. The van der Waals surface area contributed by atoms with Crippen molar-refractivity contribution in [1.82, 2.24) is 28.9 Å². The van der Waals surface area contributed by atoms with Crippen LogP contribution in [-0.2, 0) is 22.7 Å². The number of aromatic nitrogens is 4. The first kappa shape index (κ1) is 44.6. The summed E-state index contributed by atoms with van der Waals surface area (Å²) in [5, 5.41) is 0.